The Morgan fingerprint density at radius 1 is 0.778 bits per heavy atom. The van der Waals surface area contributed by atoms with Gasteiger partial charge >= 0.3 is 0 Å². The quantitative estimate of drug-likeness (QED) is 0.475. The molecule has 0 radical (unpaired) electrons. The number of halogens is 1. The SMILES string of the molecule is Cc1ccc2ccc3cccc(ccc1I)c3c2. The van der Waals surface area contributed by atoms with Gasteiger partial charge in [-0.05, 0) is 68.8 Å². The Bertz CT molecular complexity index is 758. The lowest BCUT2D eigenvalue weighted by Gasteiger charge is -2.01. The maximum absolute atomic E-state index is 2.39. The van der Waals surface area contributed by atoms with Gasteiger partial charge < -0.3 is 0 Å². The predicted molar refractivity (Wildman–Crippen MR) is 87.7 cm³/mol. The molecule has 0 atom stereocenters. The first-order valence-corrected chi connectivity index (χ1v) is 7.07. The van der Waals surface area contributed by atoms with E-state index in [0.717, 1.165) is 0 Å². The smallest absolute Gasteiger partial charge is 0.0159 e. The molecule has 3 aromatic rings. The summed E-state index contributed by atoms with van der Waals surface area (Å²) >= 11 is 2.39. The van der Waals surface area contributed by atoms with Gasteiger partial charge in [0.05, 0.1) is 0 Å². The van der Waals surface area contributed by atoms with Gasteiger partial charge in [-0.25, -0.2) is 0 Å². The summed E-state index contributed by atoms with van der Waals surface area (Å²) in [6.45, 7) is 2.15. The van der Waals surface area contributed by atoms with E-state index in [1.165, 1.54) is 30.7 Å². The monoisotopic (exact) mass is 344 g/mol. The highest BCUT2D eigenvalue weighted by Crippen LogP contribution is 2.22. The van der Waals surface area contributed by atoms with Crippen LogP contribution in [0.1, 0.15) is 5.56 Å². The third-order valence-corrected chi connectivity index (χ3v) is 4.46. The molecule has 3 rings (SSSR count). The van der Waals surface area contributed by atoms with Crippen LogP contribution < -0.4 is 0 Å². The van der Waals surface area contributed by atoms with Crippen molar-refractivity contribution >= 4 is 44.1 Å². The van der Waals surface area contributed by atoms with E-state index < -0.39 is 0 Å². The second-order valence-corrected chi connectivity index (χ2v) is 5.69. The molecular formula is C17H13I. The number of benzene rings is 2. The molecule has 0 saturated heterocycles. The van der Waals surface area contributed by atoms with Crippen LogP contribution in [0.15, 0.2) is 60.7 Å². The Morgan fingerprint density at radius 2 is 1.44 bits per heavy atom. The fourth-order valence-electron chi connectivity index (χ4n) is 2.16. The minimum Gasteiger partial charge on any atom is -0.0610 e. The molecule has 0 aliphatic rings. The normalized spacial score (nSPS) is 10.8. The van der Waals surface area contributed by atoms with Gasteiger partial charge in [0.1, 0.15) is 0 Å². The standard InChI is InChI=1S/C17H13I/c1-12-5-6-13-7-8-14-3-2-4-15(16(14)11-13)9-10-17(12)18/h2-11H,1H3. The number of hydrogen-bond acceptors (Lipinski definition) is 0. The van der Waals surface area contributed by atoms with Crippen LogP contribution in [0.3, 0.4) is 0 Å². The average Bonchev–Trinajstić information content (AvgIpc) is 2.41. The molecule has 0 fully saturated rings. The van der Waals surface area contributed by atoms with Crippen molar-refractivity contribution in [3.05, 3.63) is 69.8 Å². The van der Waals surface area contributed by atoms with E-state index >= 15 is 0 Å². The molecule has 0 aromatic heterocycles. The number of fused-ring (bicyclic) bond motifs is 1. The van der Waals surface area contributed by atoms with Crippen LogP contribution in [0.5, 0.6) is 0 Å². The molecule has 18 heavy (non-hydrogen) atoms. The molecule has 0 amide bonds. The molecule has 0 N–H and O–H groups in total. The molecule has 0 unspecified atom stereocenters. The van der Waals surface area contributed by atoms with Gasteiger partial charge in [-0.1, -0.05) is 48.5 Å². The van der Waals surface area contributed by atoms with E-state index in [4.69, 9.17) is 0 Å². The van der Waals surface area contributed by atoms with Gasteiger partial charge in [0.25, 0.3) is 0 Å². The first-order chi connectivity index (χ1) is 8.74. The van der Waals surface area contributed by atoms with Crippen molar-refractivity contribution in [2.75, 3.05) is 0 Å². The van der Waals surface area contributed by atoms with Gasteiger partial charge in [-0.15, -0.1) is 0 Å². The maximum Gasteiger partial charge on any atom is 0.0159 e. The minimum atomic E-state index is 1.26. The summed E-state index contributed by atoms with van der Waals surface area (Å²) in [6.07, 6.45) is 0. The highest BCUT2D eigenvalue weighted by atomic mass is 127. The van der Waals surface area contributed by atoms with Gasteiger partial charge in [0, 0.05) is 3.57 Å². The van der Waals surface area contributed by atoms with Gasteiger partial charge in [0.15, 0.2) is 0 Å². The van der Waals surface area contributed by atoms with Gasteiger partial charge in [0.2, 0.25) is 0 Å². The van der Waals surface area contributed by atoms with Crippen molar-refractivity contribution in [1.82, 2.24) is 0 Å². The Hall–Kier alpha value is -1.35. The van der Waals surface area contributed by atoms with Crippen molar-refractivity contribution in [2.24, 2.45) is 0 Å². The third kappa shape index (κ3) is 2.15. The van der Waals surface area contributed by atoms with Crippen LogP contribution in [0.2, 0.25) is 0 Å². The summed E-state index contributed by atoms with van der Waals surface area (Å²) in [7, 11) is 0. The van der Waals surface area contributed by atoms with E-state index in [1.54, 1.807) is 0 Å². The highest BCUT2D eigenvalue weighted by Gasteiger charge is 1.96. The largest absolute Gasteiger partial charge is 0.0610 e. The number of rotatable bonds is 0. The van der Waals surface area contributed by atoms with E-state index in [9.17, 15) is 0 Å². The van der Waals surface area contributed by atoms with E-state index in [-0.39, 0.29) is 0 Å². The summed E-state index contributed by atoms with van der Waals surface area (Å²) in [5.74, 6) is 0. The van der Waals surface area contributed by atoms with Crippen LogP contribution in [-0.4, -0.2) is 0 Å². The molecular weight excluding hydrogens is 331 g/mol. The molecule has 88 valence electrons. The van der Waals surface area contributed by atoms with Crippen molar-refractivity contribution in [2.45, 2.75) is 6.92 Å². The minimum absolute atomic E-state index is 1.26. The summed E-state index contributed by atoms with van der Waals surface area (Å²) in [5, 5.41) is 5.16. The lowest BCUT2D eigenvalue weighted by Crippen LogP contribution is -1.77. The summed E-state index contributed by atoms with van der Waals surface area (Å²) in [6, 6.07) is 21.8. The lowest BCUT2D eigenvalue weighted by atomic mass is 10.0. The van der Waals surface area contributed by atoms with Crippen LogP contribution in [0.4, 0.5) is 0 Å². The van der Waals surface area contributed by atoms with Gasteiger partial charge in [-0.3, -0.25) is 0 Å². The highest BCUT2D eigenvalue weighted by molar-refractivity contribution is 14.1. The van der Waals surface area contributed by atoms with Crippen molar-refractivity contribution in [3.63, 3.8) is 0 Å². The van der Waals surface area contributed by atoms with Crippen LogP contribution in [0.25, 0.3) is 21.5 Å². The zero-order valence-corrected chi connectivity index (χ0v) is 12.3. The maximum atomic E-state index is 2.39. The molecule has 0 saturated carbocycles. The predicted octanol–water partition coefficient (Wildman–Crippen LogP) is 5.47. The summed E-state index contributed by atoms with van der Waals surface area (Å²) in [4.78, 5) is 0. The molecule has 1 heteroatoms. The fraction of sp³-hybridized carbons (Fsp3) is 0.0588. The zero-order valence-electron chi connectivity index (χ0n) is 10.2. The summed E-state index contributed by atoms with van der Waals surface area (Å²) < 4.78 is 1.28. The second-order valence-electron chi connectivity index (χ2n) is 4.53. The van der Waals surface area contributed by atoms with Gasteiger partial charge in [-0.2, -0.15) is 0 Å². The molecule has 2 bridgehead atoms. The first-order valence-electron chi connectivity index (χ1n) is 5.99. The van der Waals surface area contributed by atoms with Crippen LogP contribution >= 0.6 is 22.6 Å². The Kier molecular flexibility index (Phi) is 3.08. The number of aryl methyl sites for hydroxylation is 1. The Labute approximate surface area is 120 Å². The molecule has 0 heterocycles. The average molecular weight is 344 g/mol. The molecule has 0 nitrogen and oxygen atoms in total. The molecule has 3 aromatic carbocycles. The first kappa shape index (κ1) is 11.7. The van der Waals surface area contributed by atoms with Crippen LogP contribution in [-0.2, 0) is 0 Å². The number of hydrogen-bond donors (Lipinski definition) is 0. The molecule has 0 spiro atoms. The van der Waals surface area contributed by atoms with Crippen LogP contribution in [0, 0.1) is 10.5 Å². The van der Waals surface area contributed by atoms with Crippen molar-refractivity contribution in [3.8, 4) is 0 Å². The van der Waals surface area contributed by atoms with Crippen molar-refractivity contribution in [1.29, 1.82) is 0 Å². The van der Waals surface area contributed by atoms with Crippen molar-refractivity contribution < 1.29 is 0 Å². The van der Waals surface area contributed by atoms with E-state index in [1.807, 2.05) is 0 Å². The molecule has 0 aliphatic carbocycles. The lowest BCUT2D eigenvalue weighted by molar-refractivity contribution is 1.46. The summed E-state index contributed by atoms with van der Waals surface area (Å²) in [5.41, 5.74) is 1.30. The van der Waals surface area contributed by atoms with E-state index in [0.29, 0.717) is 0 Å². The topological polar surface area (TPSA) is 0 Å². The third-order valence-electron chi connectivity index (χ3n) is 3.25. The van der Waals surface area contributed by atoms with E-state index in [2.05, 4.69) is 90.2 Å². The Balaban J connectivity index is 2.54. The second kappa shape index (κ2) is 4.73. The Morgan fingerprint density at radius 3 is 2.22 bits per heavy atom. The fourth-order valence-corrected chi connectivity index (χ4v) is 2.52. The zero-order chi connectivity index (χ0) is 12.5. The molecule has 0 aliphatic heterocycles.